The zero-order valence-electron chi connectivity index (χ0n) is 13.4. The highest BCUT2D eigenvalue weighted by Crippen LogP contribution is 2.22. The summed E-state index contributed by atoms with van der Waals surface area (Å²) >= 11 is 11.7. The molecule has 0 bridgehead atoms. The Labute approximate surface area is 156 Å². The number of nitrogens with one attached hydrogen (secondary N) is 2. The van der Waals surface area contributed by atoms with E-state index in [4.69, 9.17) is 27.9 Å². The fraction of sp³-hybridized carbons (Fsp3) is 0.188. The van der Waals surface area contributed by atoms with Gasteiger partial charge in [0.25, 0.3) is 0 Å². The number of halogens is 2. The van der Waals surface area contributed by atoms with Crippen molar-refractivity contribution in [2.24, 2.45) is 0 Å². The summed E-state index contributed by atoms with van der Waals surface area (Å²) in [4.78, 5) is 12.2. The van der Waals surface area contributed by atoms with Crippen LogP contribution in [0.4, 0.5) is 5.69 Å². The summed E-state index contributed by atoms with van der Waals surface area (Å²) in [5, 5.41) is 3.27. The van der Waals surface area contributed by atoms with Crippen LogP contribution in [0.15, 0.2) is 47.4 Å². The summed E-state index contributed by atoms with van der Waals surface area (Å²) in [6.45, 7) is 1.43. The van der Waals surface area contributed by atoms with Crippen molar-refractivity contribution in [3.63, 3.8) is 0 Å². The second-order valence-corrected chi connectivity index (χ2v) is 7.75. The summed E-state index contributed by atoms with van der Waals surface area (Å²) in [6, 6.07) is 9.36. The Balaban J connectivity index is 2.08. The van der Waals surface area contributed by atoms with Gasteiger partial charge in [-0.05, 0) is 49.4 Å². The van der Waals surface area contributed by atoms with Crippen LogP contribution in [0.2, 0.25) is 10.0 Å². The molecule has 0 unspecified atom stereocenters. The summed E-state index contributed by atoms with van der Waals surface area (Å²) in [6.07, 6.45) is 0. The molecule has 1 atom stereocenters. The molecule has 0 spiro atoms. The van der Waals surface area contributed by atoms with Crippen LogP contribution in [-0.2, 0) is 14.8 Å². The molecule has 0 aromatic heterocycles. The molecule has 134 valence electrons. The van der Waals surface area contributed by atoms with Crippen LogP contribution in [0.5, 0.6) is 5.75 Å². The first-order chi connectivity index (χ1) is 11.7. The number of rotatable bonds is 6. The third-order valence-corrected chi connectivity index (χ3v) is 5.22. The van der Waals surface area contributed by atoms with Gasteiger partial charge in [0, 0.05) is 15.7 Å². The second kappa shape index (κ2) is 8.05. The SMILES string of the molecule is COc1ccc(S(=O)(=O)N[C@@H](C)C(=O)Nc2cc(Cl)cc(Cl)c2)cc1. The Morgan fingerprint density at radius 3 is 2.16 bits per heavy atom. The van der Waals surface area contributed by atoms with Crippen LogP contribution in [0.25, 0.3) is 0 Å². The monoisotopic (exact) mass is 402 g/mol. The number of carbonyl (C=O) groups is 1. The normalized spacial score (nSPS) is 12.5. The van der Waals surface area contributed by atoms with E-state index in [2.05, 4.69) is 10.0 Å². The number of amides is 1. The van der Waals surface area contributed by atoms with Crippen LogP contribution in [-0.4, -0.2) is 27.5 Å². The molecule has 0 aliphatic rings. The molecule has 2 aromatic carbocycles. The van der Waals surface area contributed by atoms with Gasteiger partial charge in [-0.2, -0.15) is 4.72 Å². The van der Waals surface area contributed by atoms with Gasteiger partial charge in [-0.15, -0.1) is 0 Å². The van der Waals surface area contributed by atoms with Crippen molar-refractivity contribution >= 4 is 44.8 Å². The average molecular weight is 403 g/mol. The topological polar surface area (TPSA) is 84.5 Å². The number of carbonyl (C=O) groups excluding carboxylic acids is 1. The van der Waals surface area contributed by atoms with Crippen LogP contribution >= 0.6 is 23.2 Å². The van der Waals surface area contributed by atoms with Crippen molar-refractivity contribution < 1.29 is 17.9 Å². The molecular weight excluding hydrogens is 387 g/mol. The van der Waals surface area contributed by atoms with Gasteiger partial charge >= 0.3 is 0 Å². The molecule has 25 heavy (non-hydrogen) atoms. The van der Waals surface area contributed by atoms with E-state index in [1.165, 1.54) is 56.5 Å². The van der Waals surface area contributed by atoms with Crippen molar-refractivity contribution in [1.29, 1.82) is 0 Å². The molecule has 9 heteroatoms. The molecular formula is C16H16Cl2N2O4S. The first-order valence-electron chi connectivity index (χ1n) is 7.14. The number of hydrogen-bond acceptors (Lipinski definition) is 4. The lowest BCUT2D eigenvalue weighted by Gasteiger charge is -2.15. The number of anilines is 1. The van der Waals surface area contributed by atoms with E-state index < -0.39 is 22.0 Å². The standard InChI is InChI=1S/C16H16Cl2N2O4S/c1-10(16(21)19-13-8-11(17)7-12(18)9-13)20-25(22,23)15-5-3-14(24-2)4-6-15/h3-10,20H,1-2H3,(H,19,21)/t10-/m0/s1. The summed E-state index contributed by atoms with van der Waals surface area (Å²) in [5.41, 5.74) is 0.373. The number of hydrogen-bond donors (Lipinski definition) is 2. The van der Waals surface area contributed by atoms with Gasteiger partial charge in [0.15, 0.2) is 0 Å². The number of methoxy groups -OCH3 is 1. The smallest absolute Gasteiger partial charge is 0.242 e. The zero-order chi connectivity index (χ0) is 18.6. The van der Waals surface area contributed by atoms with E-state index in [1.54, 1.807) is 0 Å². The Morgan fingerprint density at radius 1 is 1.08 bits per heavy atom. The van der Waals surface area contributed by atoms with Gasteiger partial charge in [-0.3, -0.25) is 4.79 Å². The van der Waals surface area contributed by atoms with E-state index in [-0.39, 0.29) is 4.90 Å². The molecule has 0 aliphatic carbocycles. The predicted octanol–water partition coefficient (Wildman–Crippen LogP) is 3.31. The van der Waals surface area contributed by atoms with Crippen molar-refractivity contribution in [3.05, 3.63) is 52.5 Å². The Morgan fingerprint density at radius 2 is 1.64 bits per heavy atom. The quantitative estimate of drug-likeness (QED) is 0.775. The molecule has 0 saturated heterocycles. The third kappa shape index (κ3) is 5.34. The van der Waals surface area contributed by atoms with Gasteiger partial charge in [0.05, 0.1) is 18.0 Å². The molecule has 2 aromatic rings. The predicted molar refractivity (Wildman–Crippen MR) is 97.9 cm³/mol. The van der Waals surface area contributed by atoms with Crippen molar-refractivity contribution in [2.45, 2.75) is 17.9 Å². The lowest BCUT2D eigenvalue weighted by molar-refractivity contribution is -0.117. The fourth-order valence-electron chi connectivity index (χ4n) is 1.99. The van der Waals surface area contributed by atoms with Crippen LogP contribution < -0.4 is 14.8 Å². The molecule has 0 fully saturated rings. The Bertz CT molecular complexity index is 850. The molecule has 6 nitrogen and oxygen atoms in total. The molecule has 1 amide bonds. The van der Waals surface area contributed by atoms with Crippen LogP contribution in [0.3, 0.4) is 0 Å². The minimum Gasteiger partial charge on any atom is -0.497 e. The second-order valence-electron chi connectivity index (χ2n) is 5.17. The summed E-state index contributed by atoms with van der Waals surface area (Å²) < 4.78 is 32.0. The first-order valence-corrected chi connectivity index (χ1v) is 9.38. The number of sulfonamides is 1. The van der Waals surface area contributed by atoms with Gasteiger partial charge in [-0.1, -0.05) is 23.2 Å². The first kappa shape index (κ1) is 19.5. The Hall–Kier alpha value is -1.80. The molecule has 2 rings (SSSR count). The maximum Gasteiger partial charge on any atom is 0.242 e. The van der Waals surface area contributed by atoms with E-state index >= 15 is 0 Å². The van der Waals surface area contributed by atoms with Gasteiger partial charge in [0.1, 0.15) is 5.75 Å². The van der Waals surface area contributed by atoms with Gasteiger partial charge < -0.3 is 10.1 Å². The summed E-state index contributed by atoms with van der Waals surface area (Å²) in [5.74, 6) is -0.0157. The van der Waals surface area contributed by atoms with Crippen LogP contribution in [0.1, 0.15) is 6.92 Å². The van der Waals surface area contributed by atoms with E-state index in [0.29, 0.717) is 21.5 Å². The zero-order valence-corrected chi connectivity index (χ0v) is 15.7. The molecule has 0 heterocycles. The van der Waals surface area contributed by atoms with E-state index in [9.17, 15) is 13.2 Å². The van der Waals surface area contributed by atoms with Gasteiger partial charge in [0.2, 0.25) is 15.9 Å². The summed E-state index contributed by atoms with van der Waals surface area (Å²) in [7, 11) is -2.37. The highest BCUT2D eigenvalue weighted by atomic mass is 35.5. The number of benzene rings is 2. The fourth-order valence-corrected chi connectivity index (χ4v) is 3.71. The molecule has 0 radical (unpaired) electrons. The Kier molecular flexibility index (Phi) is 6.29. The van der Waals surface area contributed by atoms with Crippen molar-refractivity contribution in [3.8, 4) is 5.75 Å². The highest BCUT2D eigenvalue weighted by Gasteiger charge is 2.22. The minimum absolute atomic E-state index is 0.0266. The lowest BCUT2D eigenvalue weighted by Crippen LogP contribution is -2.41. The number of ether oxygens (including phenoxy) is 1. The largest absolute Gasteiger partial charge is 0.497 e. The van der Waals surface area contributed by atoms with Crippen LogP contribution in [0, 0.1) is 0 Å². The molecule has 0 saturated carbocycles. The minimum atomic E-state index is -3.86. The highest BCUT2D eigenvalue weighted by molar-refractivity contribution is 7.89. The maximum atomic E-state index is 12.3. The molecule has 0 aliphatic heterocycles. The van der Waals surface area contributed by atoms with Crippen molar-refractivity contribution in [1.82, 2.24) is 4.72 Å². The molecule has 2 N–H and O–H groups in total. The van der Waals surface area contributed by atoms with E-state index in [0.717, 1.165) is 0 Å². The third-order valence-electron chi connectivity index (χ3n) is 3.23. The average Bonchev–Trinajstić information content (AvgIpc) is 2.53. The van der Waals surface area contributed by atoms with E-state index in [1.807, 2.05) is 0 Å². The lowest BCUT2D eigenvalue weighted by atomic mass is 10.3. The van der Waals surface area contributed by atoms with Gasteiger partial charge in [-0.25, -0.2) is 8.42 Å². The maximum absolute atomic E-state index is 12.3. The van der Waals surface area contributed by atoms with Crippen molar-refractivity contribution in [2.75, 3.05) is 12.4 Å².